The number of rotatable bonds is 3. The molecule has 1 aliphatic carbocycles. The summed E-state index contributed by atoms with van der Waals surface area (Å²) < 4.78 is 6.20. The third-order valence-corrected chi connectivity index (χ3v) is 5.08. The molecule has 3 unspecified atom stereocenters. The minimum absolute atomic E-state index is 0.0897. The molecule has 3 atom stereocenters. The third-order valence-electron chi connectivity index (χ3n) is 5.08. The van der Waals surface area contributed by atoms with Gasteiger partial charge in [-0.25, -0.2) is 0 Å². The van der Waals surface area contributed by atoms with Gasteiger partial charge in [-0.3, -0.25) is 0 Å². The number of ether oxygens (including phenoxy) is 1. The topological polar surface area (TPSA) is 21.3 Å². The summed E-state index contributed by atoms with van der Waals surface area (Å²) in [5.74, 6) is 0.703. The molecule has 0 bridgehead atoms. The maximum atomic E-state index is 6.20. The molecule has 2 aliphatic rings. The van der Waals surface area contributed by atoms with Crippen molar-refractivity contribution in [1.29, 1.82) is 0 Å². The van der Waals surface area contributed by atoms with Crippen LogP contribution < -0.4 is 5.32 Å². The summed E-state index contributed by atoms with van der Waals surface area (Å²) >= 11 is 0. The zero-order valence-electron chi connectivity index (χ0n) is 13.0. The normalized spacial score (nSPS) is 32.0. The van der Waals surface area contributed by atoms with Crippen molar-refractivity contribution in [3.63, 3.8) is 0 Å². The Kier molecular flexibility index (Phi) is 3.87. The first-order chi connectivity index (χ1) is 9.59. The second kappa shape index (κ2) is 5.50. The molecule has 1 aromatic rings. The quantitative estimate of drug-likeness (QED) is 0.903. The fraction of sp³-hybridized carbons (Fsp3) is 0.667. The van der Waals surface area contributed by atoms with Crippen molar-refractivity contribution < 1.29 is 4.74 Å². The summed E-state index contributed by atoms with van der Waals surface area (Å²) in [5.41, 5.74) is 3.12. The molecule has 2 nitrogen and oxygen atoms in total. The first-order valence-electron chi connectivity index (χ1n) is 8.02. The molecule has 1 aliphatic heterocycles. The van der Waals surface area contributed by atoms with Crippen molar-refractivity contribution in [2.75, 3.05) is 7.05 Å². The van der Waals surface area contributed by atoms with Crippen LogP contribution in [-0.4, -0.2) is 18.8 Å². The van der Waals surface area contributed by atoms with E-state index in [4.69, 9.17) is 4.74 Å². The molecule has 0 saturated carbocycles. The van der Waals surface area contributed by atoms with Gasteiger partial charge in [0.15, 0.2) is 0 Å². The fourth-order valence-corrected chi connectivity index (χ4v) is 4.05. The largest absolute Gasteiger partial charge is 0.372 e. The molecular formula is C18H27NO. The van der Waals surface area contributed by atoms with Crippen molar-refractivity contribution >= 4 is 0 Å². The van der Waals surface area contributed by atoms with Crippen LogP contribution in [-0.2, 0) is 11.2 Å². The van der Waals surface area contributed by atoms with Gasteiger partial charge in [-0.05, 0) is 70.0 Å². The Morgan fingerprint density at radius 3 is 2.75 bits per heavy atom. The summed E-state index contributed by atoms with van der Waals surface area (Å²) in [5, 5.41) is 3.55. The summed E-state index contributed by atoms with van der Waals surface area (Å²) in [6.07, 6.45) is 6.57. The molecular weight excluding hydrogens is 246 g/mol. The van der Waals surface area contributed by atoms with Gasteiger partial charge in [-0.1, -0.05) is 24.3 Å². The smallest absolute Gasteiger partial charge is 0.0631 e. The average Bonchev–Trinajstić information content (AvgIpc) is 2.78. The molecule has 1 aromatic carbocycles. The second-order valence-electron chi connectivity index (χ2n) is 7.04. The Morgan fingerprint density at radius 2 is 2.05 bits per heavy atom. The highest BCUT2D eigenvalue weighted by Crippen LogP contribution is 2.40. The van der Waals surface area contributed by atoms with Crippen LogP contribution in [0.25, 0.3) is 0 Å². The van der Waals surface area contributed by atoms with E-state index in [1.54, 1.807) is 0 Å². The molecule has 20 heavy (non-hydrogen) atoms. The number of nitrogens with one attached hydrogen (secondary N) is 1. The molecule has 0 spiro atoms. The van der Waals surface area contributed by atoms with Crippen LogP contribution in [0.3, 0.4) is 0 Å². The van der Waals surface area contributed by atoms with E-state index in [-0.39, 0.29) is 5.60 Å². The van der Waals surface area contributed by atoms with Gasteiger partial charge in [0.05, 0.1) is 11.7 Å². The molecule has 1 N–H and O–H groups in total. The van der Waals surface area contributed by atoms with Crippen LogP contribution in [0.2, 0.25) is 0 Å². The second-order valence-corrected chi connectivity index (χ2v) is 7.04. The van der Waals surface area contributed by atoms with Crippen molar-refractivity contribution in [2.45, 2.75) is 63.7 Å². The Morgan fingerprint density at radius 1 is 1.25 bits per heavy atom. The van der Waals surface area contributed by atoms with Gasteiger partial charge in [0, 0.05) is 6.04 Å². The average molecular weight is 273 g/mol. The van der Waals surface area contributed by atoms with E-state index in [0.29, 0.717) is 18.1 Å². The van der Waals surface area contributed by atoms with Crippen molar-refractivity contribution in [3.05, 3.63) is 35.4 Å². The molecule has 1 heterocycles. The standard InChI is InChI=1S/C18H27NO/c1-18(2)11-10-15(20-18)12-14-9-8-13-6-4-5-7-16(13)17(14)19-3/h4-7,14-15,17,19H,8-12H2,1-3H3. The highest BCUT2D eigenvalue weighted by Gasteiger charge is 2.36. The van der Waals surface area contributed by atoms with Crippen molar-refractivity contribution in [2.24, 2.45) is 5.92 Å². The predicted molar refractivity (Wildman–Crippen MR) is 82.9 cm³/mol. The summed E-state index contributed by atoms with van der Waals surface area (Å²) in [7, 11) is 2.10. The van der Waals surface area contributed by atoms with Gasteiger partial charge in [-0.2, -0.15) is 0 Å². The molecule has 110 valence electrons. The SMILES string of the molecule is CNC1c2ccccc2CCC1CC1CCC(C)(C)O1. The van der Waals surface area contributed by atoms with E-state index in [2.05, 4.69) is 50.5 Å². The van der Waals surface area contributed by atoms with Crippen LogP contribution in [0.1, 0.15) is 56.7 Å². The molecule has 0 aromatic heterocycles. The molecule has 0 amide bonds. The Balaban J connectivity index is 1.72. The van der Waals surface area contributed by atoms with Gasteiger partial charge in [-0.15, -0.1) is 0 Å². The number of benzene rings is 1. The van der Waals surface area contributed by atoms with Crippen LogP contribution in [0, 0.1) is 5.92 Å². The van der Waals surface area contributed by atoms with Crippen LogP contribution in [0.5, 0.6) is 0 Å². The lowest BCUT2D eigenvalue weighted by Gasteiger charge is -2.35. The highest BCUT2D eigenvalue weighted by molar-refractivity contribution is 5.33. The van der Waals surface area contributed by atoms with E-state index in [1.165, 1.54) is 43.2 Å². The predicted octanol–water partition coefficient (Wildman–Crippen LogP) is 3.86. The van der Waals surface area contributed by atoms with Crippen molar-refractivity contribution in [1.82, 2.24) is 5.32 Å². The highest BCUT2D eigenvalue weighted by atomic mass is 16.5. The summed E-state index contributed by atoms with van der Waals surface area (Å²) in [4.78, 5) is 0. The zero-order chi connectivity index (χ0) is 14.2. The first kappa shape index (κ1) is 14.1. The Hall–Kier alpha value is -0.860. The molecule has 1 saturated heterocycles. The van der Waals surface area contributed by atoms with Gasteiger partial charge in [0.2, 0.25) is 0 Å². The molecule has 2 heteroatoms. The summed E-state index contributed by atoms with van der Waals surface area (Å²) in [6.45, 7) is 4.44. The fourth-order valence-electron chi connectivity index (χ4n) is 4.05. The summed E-state index contributed by atoms with van der Waals surface area (Å²) in [6, 6.07) is 9.40. The lowest BCUT2D eigenvalue weighted by Crippen LogP contribution is -2.33. The zero-order valence-corrected chi connectivity index (χ0v) is 13.0. The molecule has 1 fully saturated rings. The number of hydrogen-bond acceptors (Lipinski definition) is 2. The van der Waals surface area contributed by atoms with Gasteiger partial charge >= 0.3 is 0 Å². The van der Waals surface area contributed by atoms with Gasteiger partial charge < -0.3 is 10.1 Å². The molecule has 0 radical (unpaired) electrons. The van der Waals surface area contributed by atoms with Crippen molar-refractivity contribution in [3.8, 4) is 0 Å². The van der Waals surface area contributed by atoms with E-state index in [9.17, 15) is 0 Å². The lowest BCUT2D eigenvalue weighted by molar-refractivity contribution is -0.0275. The first-order valence-corrected chi connectivity index (χ1v) is 8.02. The van der Waals surface area contributed by atoms with Gasteiger partial charge in [0.25, 0.3) is 0 Å². The number of hydrogen-bond donors (Lipinski definition) is 1. The monoisotopic (exact) mass is 273 g/mol. The third kappa shape index (κ3) is 2.77. The lowest BCUT2D eigenvalue weighted by atomic mass is 9.77. The van der Waals surface area contributed by atoms with Crippen LogP contribution >= 0.6 is 0 Å². The van der Waals surface area contributed by atoms with Crippen LogP contribution in [0.4, 0.5) is 0 Å². The maximum Gasteiger partial charge on any atom is 0.0631 e. The van der Waals surface area contributed by atoms with E-state index >= 15 is 0 Å². The number of fused-ring (bicyclic) bond motifs is 1. The Bertz CT molecular complexity index is 468. The van der Waals surface area contributed by atoms with E-state index in [0.717, 1.165) is 0 Å². The van der Waals surface area contributed by atoms with E-state index in [1.807, 2.05) is 0 Å². The minimum Gasteiger partial charge on any atom is -0.372 e. The van der Waals surface area contributed by atoms with Gasteiger partial charge in [0.1, 0.15) is 0 Å². The Labute approximate surface area is 122 Å². The number of aryl methyl sites for hydroxylation is 1. The van der Waals surface area contributed by atoms with E-state index < -0.39 is 0 Å². The maximum absolute atomic E-state index is 6.20. The minimum atomic E-state index is 0.0897. The molecule has 3 rings (SSSR count). The van der Waals surface area contributed by atoms with Crippen LogP contribution in [0.15, 0.2) is 24.3 Å².